The maximum absolute atomic E-state index is 4.47. The molecule has 0 saturated carbocycles. The molecule has 1 aromatic rings. The molecule has 0 aromatic carbocycles. The van der Waals surface area contributed by atoms with Crippen LogP contribution in [0.25, 0.3) is 0 Å². The molecule has 0 saturated heterocycles. The van der Waals surface area contributed by atoms with Crippen LogP contribution in [0.15, 0.2) is 36.0 Å². The van der Waals surface area contributed by atoms with Crippen molar-refractivity contribution in [3.8, 4) is 0 Å². The van der Waals surface area contributed by atoms with Gasteiger partial charge in [-0.3, -0.25) is 4.98 Å². The quantitative estimate of drug-likeness (QED) is 0.461. The van der Waals surface area contributed by atoms with E-state index in [0.717, 1.165) is 23.8 Å². The van der Waals surface area contributed by atoms with E-state index in [4.69, 9.17) is 0 Å². The van der Waals surface area contributed by atoms with Gasteiger partial charge < -0.3 is 10.6 Å². The van der Waals surface area contributed by atoms with Crippen LogP contribution in [-0.2, 0) is 6.54 Å². The molecule has 0 unspecified atom stereocenters. The van der Waals surface area contributed by atoms with E-state index in [-0.39, 0.29) is 0 Å². The first-order valence-corrected chi connectivity index (χ1v) is 5.81. The molecule has 0 aliphatic rings. The molecule has 0 fully saturated rings. The van der Waals surface area contributed by atoms with Crippen LogP contribution in [0.3, 0.4) is 0 Å². The average molecular weight is 232 g/mol. The van der Waals surface area contributed by atoms with E-state index in [1.165, 1.54) is 0 Å². The van der Waals surface area contributed by atoms with Crippen molar-refractivity contribution < 1.29 is 0 Å². The zero-order chi connectivity index (χ0) is 12.5. The third-order valence-corrected chi connectivity index (χ3v) is 2.26. The van der Waals surface area contributed by atoms with E-state index in [2.05, 4.69) is 27.2 Å². The fourth-order valence-electron chi connectivity index (χ4n) is 1.35. The molecule has 1 heterocycles. The standard InChI is InChI=1S/C13H20N4/c1-4-8-16-13(14-5-2)17-10-12-11(3)7-6-9-15-12/h4,6-7,9H,1,5,8,10H2,2-3H3,(H2,14,16,17). The van der Waals surface area contributed by atoms with E-state index in [1.54, 1.807) is 12.3 Å². The summed E-state index contributed by atoms with van der Waals surface area (Å²) in [5, 5.41) is 6.32. The van der Waals surface area contributed by atoms with Crippen molar-refractivity contribution >= 4 is 5.96 Å². The van der Waals surface area contributed by atoms with Crippen molar-refractivity contribution in [3.05, 3.63) is 42.2 Å². The molecule has 4 heteroatoms. The van der Waals surface area contributed by atoms with Crippen LogP contribution in [0.4, 0.5) is 0 Å². The lowest BCUT2D eigenvalue weighted by Crippen LogP contribution is -2.37. The average Bonchev–Trinajstić information content (AvgIpc) is 2.34. The van der Waals surface area contributed by atoms with Crippen LogP contribution in [0.5, 0.6) is 0 Å². The lowest BCUT2D eigenvalue weighted by atomic mass is 10.2. The Morgan fingerprint density at radius 3 is 3.00 bits per heavy atom. The van der Waals surface area contributed by atoms with E-state index in [0.29, 0.717) is 13.1 Å². The summed E-state index contributed by atoms with van der Waals surface area (Å²) in [7, 11) is 0. The van der Waals surface area contributed by atoms with Crippen molar-refractivity contribution in [1.82, 2.24) is 15.6 Å². The van der Waals surface area contributed by atoms with Gasteiger partial charge in [0, 0.05) is 19.3 Å². The number of nitrogens with one attached hydrogen (secondary N) is 2. The number of aliphatic imine (C=N–C) groups is 1. The van der Waals surface area contributed by atoms with Crippen molar-refractivity contribution in [1.29, 1.82) is 0 Å². The third kappa shape index (κ3) is 4.68. The van der Waals surface area contributed by atoms with E-state index in [9.17, 15) is 0 Å². The molecule has 0 radical (unpaired) electrons. The Morgan fingerprint density at radius 2 is 2.35 bits per heavy atom. The van der Waals surface area contributed by atoms with Crippen LogP contribution in [0.2, 0.25) is 0 Å². The molecule has 1 rings (SSSR count). The number of nitrogens with zero attached hydrogens (tertiary/aromatic N) is 2. The first-order valence-electron chi connectivity index (χ1n) is 5.81. The Morgan fingerprint density at radius 1 is 1.53 bits per heavy atom. The normalized spacial score (nSPS) is 11.1. The smallest absolute Gasteiger partial charge is 0.191 e. The molecule has 0 spiro atoms. The number of hydrogen-bond acceptors (Lipinski definition) is 2. The summed E-state index contributed by atoms with van der Waals surface area (Å²) in [6.07, 6.45) is 3.60. The predicted molar refractivity (Wildman–Crippen MR) is 72.0 cm³/mol. The first-order chi connectivity index (χ1) is 8.27. The number of aryl methyl sites for hydroxylation is 1. The van der Waals surface area contributed by atoms with E-state index < -0.39 is 0 Å². The number of pyridine rings is 1. The second-order valence-electron chi connectivity index (χ2n) is 3.63. The number of aromatic nitrogens is 1. The van der Waals surface area contributed by atoms with Gasteiger partial charge in [-0.15, -0.1) is 6.58 Å². The molecule has 4 nitrogen and oxygen atoms in total. The van der Waals surface area contributed by atoms with E-state index in [1.807, 2.05) is 26.0 Å². The van der Waals surface area contributed by atoms with Crippen LogP contribution in [0, 0.1) is 6.92 Å². The van der Waals surface area contributed by atoms with Crippen molar-refractivity contribution in [2.24, 2.45) is 4.99 Å². The predicted octanol–water partition coefficient (Wildman–Crippen LogP) is 1.63. The second-order valence-corrected chi connectivity index (χ2v) is 3.63. The highest BCUT2D eigenvalue weighted by molar-refractivity contribution is 5.79. The van der Waals surface area contributed by atoms with Gasteiger partial charge in [0.15, 0.2) is 5.96 Å². The number of hydrogen-bond donors (Lipinski definition) is 2. The van der Waals surface area contributed by atoms with Gasteiger partial charge in [-0.05, 0) is 25.5 Å². The van der Waals surface area contributed by atoms with Gasteiger partial charge in [0.25, 0.3) is 0 Å². The fourth-order valence-corrected chi connectivity index (χ4v) is 1.35. The van der Waals surface area contributed by atoms with Gasteiger partial charge in [-0.25, -0.2) is 4.99 Å². The summed E-state index contributed by atoms with van der Waals surface area (Å²) >= 11 is 0. The molecule has 17 heavy (non-hydrogen) atoms. The van der Waals surface area contributed by atoms with Gasteiger partial charge >= 0.3 is 0 Å². The molecule has 0 atom stereocenters. The van der Waals surface area contributed by atoms with Gasteiger partial charge in [0.05, 0.1) is 12.2 Å². The summed E-state index contributed by atoms with van der Waals surface area (Å²) in [6, 6.07) is 3.98. The summed E-state index contributed by atoms with van der Waals surface area (Å²) in [5.41, 5.74) is 2.17. The maximum atomic E-state index is 4.47. The maximum Gasteiger partial charge on any atom is 0.191 e. The summed E-state index contributed by atoms with van der Waals surface area (Å²) in [5.74, 6) is 0.789. The summed E-state index contributed by atoms with van der Waals surface area (Å²) in [6.45, 7) is 9.87. The third-order valence-electron chi connectivity index (χ3n) is 2.26. The van der Waals surface area contributed by atoms with Gasteiger partial charge in [0.1, 0.15) is 0 Å². The SMILES string of the molecule is C=CCNC(=NCc1ncccc1C)NCC. The molecule has 2 N–H and O–H groups in total. The number of rotatable bonds is 5. The Bertz CT molecular complexity index is 385. The minimum atomic E-state index is 0.582. The molecular weight excluding hydrogens is 212 g/mol. The zero-order valence-corrected chi connectivity index (χ0v) is 10.5. The minimum Gasteiger partial charge on any atom is -0.357 e. The van der Waals surface area contributed by atoms with E-state index >= 15 is 0 Å². The molecule has 0 aliphatic carbocycles. The number of guanidine groups is 1. The topological polar surface area (TPSA) is 49.3 Å². The van der Waals surface area contributed by atoms with Gasteiger partial charge in [-0.1, -0.05) is 12.1 Å². The van der Waals surface area contributed by atoms with Crippen molar-refractivity contribution in [3.63, 3.8) is 0 Å². The molecular formula is C13H20N4. The zero-order valence-electron chi connectivity index (χ0n) is 10.5. The lowest BCUT2D eigenvalue weighted by Gasteiger charge is -2.09. The molecule has 92 valence electrons. The van der Waals surface area contributed by atoms with Crippen molar-refractivity contribution in [2.45, 2.75) is 20.4 Å². The Balaban J connectivity index is 2.64. The minimum absolute atomic E-state index is 0.582. The van der Waals surface area contributed by atoms with Gasteiger partial charge in [-0.2, -0.15) is 0 Å². The van der Waals surface area contributed by atoms with Crippen LogP contribution >= 0.6 is 0 Å². The highest BCUT2D eigenvalue weighted by atomic mass is 15.2. The largest absolute Gasteiger partial charge is 0.357 e. The summed E-state index contributed by atoms with van der Waals surface area (Å²) in [4.78, 5) is 8.77. The first kappa shape index (κ1) is 13.2. The fraction of sp³-hybridized carbons (Fsp3) is 0.385. The van der Waals surface area contributed by atoms with Crippen LogP contribution in [-0.4, -0.2) is 24.0 Å². The summed E-state index contributed by atoms with van der Waals surface area (Å²) < 4.78 is 0. The second kappa shape index (κ2) is 7.44. The van der Waals surface area contributed by atoms with Crippen LogP contribution < -0.4 is 10.6 Å². The Kier molecular flexibility index (Phi) is 5.79. The van der Waals surface area contributed by atoms with Crippen molar-refractivity contribution in [2.75, 3.05) is 13.1 Å². The van der Waals surface area contributed by atoms with Gasteiger partial charge in [0.2, 0.25) is 0 Å². The van der Waals surface area contributed by atoms with Crippen LogP contribution in [0.1, 0.15) is 18.2 Å². The lowest BCUT2D eigenvalue weighted by molar-refractivity contribution is 0.850. The Hall–Kier alpha value is -1.84. The highest BCUT2D eigenvalue weighted by Gasteiger charge is 1.99. The molecule has 0 amide bonds. The molecule has 0 bridgehead atoms. The monoisotopic (exact) mass is 232 g/mol. The highest BCUT2D eigenvalue weighted by Crippen LogP contribution is 2.03. The Labute approximate surface area is 103 Å². The molecule has 1 aromatic heterocycles. The molecule has 0 aliphatic heterocycles.